The number of anilines is 1. The van der Waals surface area contributed by atoms with Gasteiger partial charge in [-0.1, -0.05) is 19.1 Å². The van der Waals surface area contributed by atoms with E-state index in [-0.39, 0.29) is 0 Å². The van der Waals surface area contributed by atoms with Crippen LogP contribution >= 0.6 is 0 Å². The molecule has 2 rings (SSSR count). The third-order valence-electron chi connectivity index (χ3n) is 2.51. The van der Waals surface area contributed by atoms with Gasteiger partial charge in [0.15, 0.2) is 0 Å². The molecule has 64 valence electrons. The van der Waals surface area contributed by atoms with Crippen molar-refractivity contribution >= 4 is 5.69 Å². The van der Waals surface area contributed by atoms with Crippen LogP contribution in [0.3, 0.4) is 0 Å². The third kappa shape index (κ3) is 1.20. The van der Waals surface area contributed by atoms with E-state index in [4.69, 9.17) is 0 Å². The lowest BCUT2D eigenvalue weighted by Gasteiger charge is -2.02. The molecule has 1 N–H and O–H groups in total. The molecule has 0 aromatic heterocycles. The fourth-order valence-corrected chi connectivity index (χ4v) is 1.82. The van der Waals surface area contributed by atoms with Gasteiger partial charge in [-0.05, 0) is 37.0 Å². The van der Waals surface area contributed by atoms with Gasteiger partial charge in [0.05, 0.1) is 0 Å². The number of hydrogen-bond donors (Lipinski definition) is 1. The predicted molar refractivity (Wildman–Crippen MR) is 52.6 cm³/mol. The van der Waals surface area contributed by atoms with E-state index in [0.29, 0.717) is 6.04 Å². The van der Waals surface area contributed by atoms with Crippen LogP contribution in [0.2, 0.25) is 0 Å². The van der Waals surface area contributed by atoms with E-state index in [0.717, 1.165) is 6.42 Å². The van der Waals surface area contributed by atoms with E-state index < -0.39 is 0 Å². The molecule has 0 aliphatic carbocycles. The number of benzene rings is 1. The quantitative estimate of drug-likeness (QED) is 0.667. The average Bonchev–Trinajstić information content (AvgIpc) is 2.43. The van der Waals surface area contributed by atoms with Gasteiger partial charge < -0.3 is 5.32 Å². The van der Waals surface area contributed by atoms with E-state index in [9.17, 15) is 0 Å². The standard InChI is InChI=1S/C11H15N/c1-3-9-4-5-11-10(7-9)6-8(2)12-11/h4-5,7-8,12H,3,6H2,1-2H3. The second-order valence-corrected chi connectivity index (χ2v) is 3.59. The molecular weight excluding hydrogens is 146 g/mol. The molecule has 0 saturated heterocycles. The molecule has 1 atom stereocenters. The van der Waals surface area contributed by atoms with Gasteiger partial charge >= 0.3 is 0 Å². The van der Waals surface area contributed by atoms with Gasteiger partial charge in [0.25, 0.3) is 0 Å². The molecule has 1 heteroatoms. The van der Waals surface area contributed by atoms with Crippen molar-refractivity contribution in [3.63, 3.8) is 0 Å². The zero-order chi connectivity index (χ0) is 8.55. The van der Waals surface area contributed by atoms with E-state index in [1.807, 2.05) is 0 Å². The number of rotatable bonds is 1. The lowest BCUT2D eigenvalue weighted by molar-refractivity contribution is 0.838. The lowest BCUT2D eigenvalue weighted by atomic mass is 10.1. The van der Waals surface area contributed by atoms with Crippen molar-refractivity contribution in [3.05, 3.63) is 29.3 Å². The molecule has 1 nitrogen and oxygen atoms in total. The molecule has 1 unspecified atom stereocenters. The summed E-state index contributed by atoms with van der Waals surface area (Å²) in [5.74, 6) is 0. The van der Waals surface area contributed by atoms with Gasteiger partial charge in [-0.15, -0.1) is 0 Å². The minimum Gasteiger partial charge on any atom is -0.382 e. The molecule has 12 heavy (non-hydrogen) atoms. The summed E-state index contributed by atoms with van der Waals surface area (Å²) >= 11 is 0. The Labute approximate surface area is 73.8 Å². The molecule has 0 bridgehead atoms. The van der Waals surface area contributed by atoms with Crippen molar-refractivity contribution in [2.24, 2.45) is 0 Å². The lowest BCUT2D eigenvalue weighted by Crippen LogP contribution is -2.08. The molecule has 1 heterocycles. The van der Waals surface area contributed by atoms with Crippen LogP contribution in [0.25, 0.3) is 0 Å². The maximum absolute atomic E-state index is 3.45. The van der Waals surface area contributed by atoms with Crippen LogP contribution < -0.4 is 5.32 Å². The zero-order valence-electron chi connectivity index (χ0n) is 7.72. The van der Waals surface area contributed by atoms with E-state index in [1.54, 1.807) is 0 Å². The fourth-order valence-electron chi connectivity index (χ4n) is 1.82. The Morgan fingerprint density at radius 3 is 3.08 bits per heavy atom. The smallest absolute Gasteiger partial charge is 0.0375 e. The average molecular weight is 161 g/mol. The van der Waals surface area contributed by atoms with Crippen LogP contribution in [0.15, 0.2) is 18.2 Å². The minimum atomic E-state index is 0.618. The Morgan fingerprint density at radius 1 is 1.50 bits per heavy atom. The van der Waals surface area contributed by atoms with Crippen molar-refractivity contribution in [1.29, 1.82) is 0 Å². The Bertz CT molecular complexity index is 291. The minimum absolute atomic E-state index is 0.618. The van der Waals surface area contributed by atoms with Crippen molar-refractivity contribution in [2.45, 2.75) is 32.7 Å². The first kappa shape index (κ1) is 7.66. The SMILES string of the molecule is CCc1ccc2c(c1)CC(C)N2. The van der Waals surface area contributed by atoms with Gasteiger partial charge in [0.2, 0.25) is 0 Å². The van der Waals surface area contributed by atoms with Crippen LogP contribution in [0.4, 0.5) is 5.69 Å². The van der Waals surface area contributed by atoms with Crippen molar-refractivity contribution < 1.29 is 0 Å². The van der Waals surface area contributed by atoms with Crippen LogP contribution in [0.5, 0.6) is 0 Å². The first-order valence-electron chi connectivity index (χ1n) is 4.68. The maximum Gasteiger partial charge on any atom is 0.0375 e. The Hall–Kier alpha value is -0.980. The van der Waals surface area contributed by atoms with Gasteiger partial charge in [-0.3, -0.25) is 0 Å². The largest absolute Gasteiger partial charge is 0.382 e. The van der Waals surface area contributed by atoms with Crippen molar-refractivity contribution in [3.8, 4) is 0 Å². The van der Waals surface area contributed by atoms with Crippen LogP contribution in [0.1, 0.15) is 25.0 Å². The Balaban J connectivity index is 2.35. The summed E-state index contributed by atoms with van der Waals surface area (Å²) in [6.45, 7) is 4.43. The highest BCUT2D eigenvalue weighted by Crippen LogP contribution is 2.26. The fraction of sp³-hybridized carbons (Fsp3) is 0.455. The zero-order valence-corrected chi connectivity index (χ0v) is 7.72. The molecule has 1 aliphatic heterocycles. The normalized spacial score (nSPS) is 20.3. The highest BCUT2D eigenvalue weighted by Gasteiger charge is 2.15. The molecule has 0 spiro atoms. The molecule has 1 aliphatic rings. The highest BCUT2D eigenvalue weighted by atomic mass is 14.9. The molecular formula is C11H15N. The van der Waals surface area contributed by atoms with Gasteiger partial charge in [0, 0.05) is 11.7 Å². The van der Waals surface area contributed by atoms with Crippen LogP contribution in [-0.4, -0.2) is 6.04 Å². The van der Waals surface area contributed by atoms with Gasteiger partial charge in [-0.2, -0.15) is 0 Å². The maximum atomic E-state index is 3.45. The highest BCUT2D eigenvalue weighted by molar-refractivity contribution is 5.57. The topological polar surface area (TPSA) is 12.0 Å². The summed E-state index contributed by atoms with van der Waals surface area (Å²) < 4.78 is 0. The van der Waals surface area contributed by atoms with E-state index in [1.165, 1.54) is 23.2 Å². The van der Waals surface area contributed by atoms with Crippen LogP contribution in [-0.2, 0) is 12.8 Å². The number of hydrogen-bond acceptors (Lipinski definition) is 1. The van der Waals surface area contributed by atoms with Gasteiger partial charge in [-0.25, -0.2) is 0 Å². The van der Waals surface area contributed by atoms with Crippen molar-refractivity contribution in [2.75, 3.05) is 5.32 Å². The third-order valence-corrected chi connectivity index (χ3v) is 2.51. The summed E-state index contributed by atoms with van der Waals surface area (Å²) in [6, 6.07) is 7.36. The monoisotopic (exact) mass is 161 g/mol. The summed E-state index contributed by atoms with van der Waals surface area (Å²) in [5, 5.41) is 3.45. The Morgan fingerprint density at radius 2 is 2.33 bits per heavy atom. The van der Waals surface area contributed by atoms with Crippen LogP contribution in [0, 0.1) is 0 Å². The summed E-state index contributed by atoms with van der Waals surface area (Å²) in [6.07, 6.45) is 2.32. The number of fused-ring (bicyclic) bond motifs is 1. The number of aryl methyl sites for hydroxylation is 1. The number of nitrogens with one attached hydrogen (secondary N) is 1. The molecule has 1 aromatic rings. The molecule has 1 aromatic carbocycles. The first-order chi connectivity index (χ1) is 5.79. The van der Waals surface area contributed by atoms with E-state index >= 15 is 0 Å². The van der Waals surface area contributed by atoms with Gasteiger partial charge in [0.1, 0.15) is 0 Å². The Kier molecular flexibility index (Phi) is 1.80. The summed E-state index contributed by atoms with van der Waals surface area (Å²) in [4.78, 5) is 0. The second kappa shape index (κ2) is 2.81. The predicted octanol–water partition coefficient (Wildman–Crippen LogP) is 2.61. The molecule has 0 amide bonds. The summed E-state index contributed by atoms with van der Waals surface area (Å²) in [7, 11) is 0. The molecule has 0 fully saturated rings. The molecule has 0 saturated carbocycles. The first-order valence-corrected chi connectivity index (χ1v) is 4.68. The van der Waals surface area contributed by atoms with Crippen molar-refractivity contribution in [1.82, 2.24) is 0 Å². The molecule has 0 radical (unpaired) electrons. The van der Waals surface area contributed by atoms with E-state index in [2.05, 4.69) is 37.4 Å². The summed E-state index contributed by atoms with van der Waals surface area (Å²) in [5.41, 5.74) is 4.27. The second-order valence-electron chi connectivity index (χ2n) is 3.59.